The minimum Gasteiger partial charge on any atom is -0.480 e. The molecule has 0 radical (unpaired) electrons. The first-order valence-electron chi connectivity index (χ1n) is 10.3. The zero-order valence-corrected chi connectivity index (χ0v) is 18.3. The molecule has 0 fully saturated rings. The van der Waals surface area contributed by atoms with Gasteiger partial charge in [0.1, 0.15) is 18.1 Å². The first-order chi connectivity index (χ1) is 14.4. The Labute approximate surface area is 182 Å². The van der Waals surface area contributed by atoms with Gasteiger partial charge in [-0.3, -0.25) is 19.2 Å². The van der Waals surface area contributed by atoms with Gasteiger partial charge in [0, 0.05) is 0 Å². The van der Waals surface area contributed by atoms with Crippen LogP contribution in [-0.2, 0) is 24.0 Å². The van der Waals surface area contributed by atoms with Crippen molar-refractivity contribution < 1.29 is 29.1 Å². The molecule has 0 saturated carbocycles. The van der Waals surface area contributed by atoms with Gasteiger partial charge in [0.05, 0.1) is 12.5 Å². The van der Waals surface area contributed by atoms with Gasteiger partial charge in [-0.05, 0) is 45.1 Å². The summed E-state index contributed by atoms with van der Waals surface area (Å²) in [6, 6.07) is -4.35. The van der Waals surface area contributed by atoms with Crippen molar-refractivity contribution in [3.63, 3.8) is 0 Å². The normalized spacial score (nSPS) is 14.8. The number of carbonyl (C=O) groups excluding carboxylic acids is 4. The molecule has 0 heterocycles. The first-order valence-corrected chi connectivity index (χ1v) is 10.3. The Balaban J connectivity index is 5.01. The number of hydrogen-bond donors (Lipinski definition) is 7. The lowest BCUT2D eigenvalue weighted by molar-refractivity contribution is -0.142. The minimum absolute atomic E-state index is 0.0199. The maximum Gasteiger partial charge on any atom is 0.326 e. The molecule has 31 heavy (non-hydrogen) atoms. The van der Waals surface area contributed by atoms with Crippen LogP contribution in [0.4, 0.5) is 0 Å². The van der Waals surface area contributed by atoms with E-state index in [0.29, 0.717) is 19.4 Å². The van der Waals surface area contributed by atoms with E-state index < -0.39 is 53.8 Å². The predicted octanol–water partition coefficient (Wildman–Crippen LogP) is -2.08. The van der Waals surface area contributed by atoms with Crippen molar-refractivity contribution in [3.05, 3.63) is 0 Å². The molecule has 10 N–H and O–H groups in total. The van der Waals surface area contributed by atoms with Crippen LogP contribution in [0.25, 0.3) is 0 Å². The Morgan fingerprint density at radius 2 is 1.45 bits per heavy atom. The maximum absolute atomic E-state index is 12.6. The number of nitrogens with two attached hydrogens (primary N) is 3. The molecule has 12 nitrogen and oxygen atoms in total. The third kappa shape index (κ3) is 11.9. The van der Waals surface area contributed by atoms with Crippen LogP contribution in [-0.4, -0.2) is 65.4 Å². The lowest BCUT2D eigenvalue weighted by Crippen LogP contribution is -2.56. The molecular formula is C19H36N6O6. The number of hydrogen-bond acceptors (Lipinski definition) is 7. The van der Waals surface area contributed by atoms with Crippen molar-refractivity contribution in [2.45, 2.75) is 77.0 Å². The second-order valence-corrected chi connectivity index (χ2v) is 7.88. The molecule has 4 unspecified atom stereocenters. The number of rotatable bonds is 15. The summed E-state index contributed by atoms with van der Waals surface area (Å²) in [4.78, 5) is 59.4. The Morgan fingerprint density at radius 3 is 1.94 bits per heavy atom. The molecule has 0 aromatic carbocycles. The SMILES string of the molecule is CC(C)CC(NC(=O)C(N)CC(N)=O)C(=O)NC(C)C(=O)NC(CCCCN)C(=O)O. The van der Waals surface area contributed by atoms with Crippen LogP contribution < -0.4 is 33.2 Å². The molecule has 0 aromatic rings. The van der Waals surface area contributed by atoms with E-state index in [4.69, 9.17) is 17.2 Å². The van der Waals surface area contributed by atoms with Crippen LogP contribution in [0.15, 0.2) is 0 Å². The molecule has 0 spiro atoms. The highest BCUT2D eigenvalue weighted by molar-refractivity contribution is 5.94. The highest BCUT2D eigenvalue weighted by Crippen LogP contribution is 2.07. The number of carboxylic acid groups (broad SMARTS) is 1. The van der Waals surface area contributed by atoms with Gasteiger partial charge in [0.15, 0.2) is 0 Å². The molecule has 0 rings (SSSR count). The number of primary amides is 1. The Hall–Kier alpha value is -2.73. The van der Waals surface area contributed by atoms with Crippen LogP contribution >= 0.6 is 0 Å². The van der Waals surface area contributed by atoms with Gasteiger partial charge in [0.25, 0.3) is 0 Å². The van der Waals surface area contributed by atoms with Crippen LogP contribution in [0.3, 0.4) is 0 Å². The fourth-order valence-electron chi connectivity index (χ4n) is 2.72. The number of carbonyl (C=O) groups is 5. The second-order valence-electron chi connectivity index (χ2n) is 7.88. The van der Waals surface area contributed by atoms with Crippen molar-refractivity contribution >= 4 is 29.6 Å². The van der Waals surface area contributed by atoms with Crippen LogP contribution in [0.5, 0.6) is 0 Å². The molecule has 0 aliphatic heterocycles. The average molecular weight is 445 g/mol. The summed E-state index contributed by atoms with van der Waals surface area (Å²) in [5, 5.41) is 16.6. The summed E-state index contributed by atoms with van der Waals surface area (Å²) in [5.74, 6) is -3.94. The number of amides is 4. The van der Waals surface area contributed by atoms with E-state index in [1.165, 1.54) is 6.92 Å². The van der Waals surface area contributed by atoms with Gasteiger partial charge in [-0.15, -0.1) is 0 Å². The van der Waals surface area contributed by atoms with Crippen molar-refractivity contribution in [1.82, 2.24) is 16.0 Å². The molecule has 0 bridgehead atoms. The zero-order valence-electron chi connectivity index (χ0n) is 18.3. The summed E-state index contributed by atoms with van der Waals surface area (Å²) < 4.78 is 0. The second kappa shape index (κ2) is 14.3. The van der Waals surface area contributed by atoms with Gasteiger partial charge in [-0.2, -0.15) is 0 Å². The molecule has 4 atom stereocenters. The number of aliphatic carboxylic acids is 1. The summed E-state index contributed by atoms with van der Waals surface area (Å²) in [6.45, 7) is 5.49. The zero-order chi connectivity index (χ0) is 24.1. The lowest BCUT2D eigenvalue weighted by atomic mass is 10.0. The van der Waals surface area contributed by atoms with Crippen molar-refractivity contribution in [2.24, 2.45) is 23.1 Å². The van der Waals surface area contributed by atoms with Gasteiger partial charge in [0.2, 0.25) is 23.6 Å². The monoisotopic (exact) mass is 444 g/mol. The number of nitrogens with one attached hydrogen (secondary N) is 3. The van der Waals surface area contributed by atoms with Crippen molar-refractivity contribution in [1.29, 1.82) is 0 Å². The molecule has 0 saturated heterocycles. The van der Waals surface area contributed by atoms with Crippen molar-refractivity contribution in [3.8, 4) is 0 Å². The summed E-state index contributed by atoms with van der Waals surface area (Å²) in [5.41, 5.74) is 16.0. The van der Waals surface area contributed by atoms with E-state index in [1.54, 1.807) is 0 Å². The molecule has 178 valence electrons. The van der Waals surface area contributed by atoms with Crippen LogP contribution in [0, 0.1) is 5.92 Å². The van der Waals surface area contributed by atoms with Gasteiger partial charge in [-0.1, -0.05) is 13.8 Å². The topological polar surface area (TPSA) is 220 Å². The Morgan fingerprint density at radius 1 is 0.871 bits per heavy atom. The number of carboxylic acids is 1. The molecule has 4 amide bonds. The van der Waals surface area contributed by atoms with Crippen molar-refractivity contribution in [2.75, 3.05) is 6.54 Å². The maximum atomic E-state index is 12.6. The first kappa shape index (κ1) is 28.3. The summed E-state index contributed by atoms with van der Waals surface area (Å²) in [6.07, 6.45) is 1.25. The van der Waals surface area contributed by atoms with E-state index in [-0.39, 0.29) is 25.2 Å². The van der Waals surface area contributed by atoms with Crippen LogP contribution in [0.1, 0.15) is 52.9 Å². The molecule has 0 aliphatic rings. The fraction of sp³-hybridized carbons (Fsp3) is 0.737. The summed E-state index contributed by atoms with van der Waals surface area (Å²) in [7, 11) is 0. The van der Waals surface area contributed by atoms with E-state index in [1.807, 2.05) is 13.8 Å². The molecule has 12 heteroatoms. The van der Waals surface area contributed by atoms with Gasteiger partial charge >= 0.3 is 5.97 Å². The molecule has 0 aromatic heterocycles. The Bertz CT molecular complexity index is 641. The molecule has 0 aliphatic carbocycles. The third-order valence-electron chi connectivity index (χ3n) is 4.41. The minimum atomic E-state index is -1.20. The standard InChI is InChI=1S/C19H36N6O6/c1-10(2)8-14(25-17(28)12(21)9-15(22)26)18(29)23-11(3)16(27)24-13(19(30)31)6-4-5-7-20/h10-14H,4-9,20-21H2,1-3H3,(H2,22,26)(H,23,29)(H,24,27)(H,25,28)(H,30,31). The largest absolute Gasteiger partial charge is 0.480 e. The van der Waals surface area contributed by atoms with E-state index in [9.17, 15) is 29.1 Å². The average Bonchev–Trinajstić information content (AvgIpc) is 2.65. The highest BCUT2D eigenvalue weighted by Gasteiger charge is 2.29. The highest BCUT2D eigenvalue weighted by atomic mass is 16.4. The summed E-state index contributed by atoms with van der Waals surface area (Å²) >= 11 is 0. The van der Waals surface area contributed by atoms with E-state index in [0.717, 1.165) is 0 Å². The Kier molecular flexibility index (Phi) is 13.0. The van der Waals surface area contributed by atoms with Gasteiger partial charge < -0.3 is 38.3 Å². The number of unbranched alkanes of at least 4 members (excludes halogenated alkanes) is 1. The van der Waals surface area contributed by atoms with Crippen LogP contribution in [0.2, 0.25) is 0 Å². The predicted molar refractivity (Wildman–Crippen MR) is 113 cm³/mol. The molecular weight excluding hydrogens is 408 g/mol. The fourth-order valence-corrected chi connectivity index (χ4v) is 2.72. The smallest absolute Gasteiger partial charge is 0.326 e. The van der Waals surface area contributed by atoms with E-state index in [2.05, 4.69) is 16.0 Å². The van der Waals surface area contributed by atoms with Gasteiger partial charge in [-0.25, -0.2) is 4.79 Å². The quantitative estimate of drug-likeness (QED) is 0.139. The van der Waals surface area contributed by atoms with E-state index >= 15 is 0 Å². The lowest BCUT2D eigenvalue weighted by Gasteiger charge is -2.24. The third-order valence-corrected chi connectivity index (χ3v) is 4.41.